The zero-order chi connectivity index (χ0) is 18.9. The van der Waals surface area contributed by atoms with Gasteiger partial charge in [-0.2, -0.15) is 0 Å². The molecule has 27 heavy (non-hydrogen) atoms. The number of hydrogen-bond acceptors (Lipinski definition) is 4. The van der Waals surface area contributed by atoms with Crippen molar-refractivity contribution in [1.29, 1.82) is 0 Å². The molecular formula is C21H34N2O4. The van der Waals surface area contributed by atoms with Gasteiger partial charge in [-0.25, -0.2) is 0 Å². The smallest absolute Gasteiger partial charge is 0.248 e. The van der Waals surface area contributed by atoms with Crippen molar-refractivity contribution >= 4 is 11.8 Å². The van der Waals surface area contributed by atoms with Gasteiger partial charge in [-0.3, -0.25) is 9.59 Å². The Bertz CT molecular complexity index is 521. The molecule has 0 spiro atoms. The van der Waals surface area contributed by atoms with Crippen LogP contribution in [0.4, 0.5) is 0 Å². The van der Waals surface area contributed by atoms with E-state index in [0.29, 0.717) is 50.7 Å². The number of rotatable bonds is 7. The molecule has 4 aliphatic carbocycles. The Balaban J connectivity index is 1.23. The van der Waals surface area contributed by atoms with Crippen molar-refractivity contribution in [2.24, 2.45) is 23.2 Å². The zero-order valence-electron chi connectivity index (χ0n) is 16.7. The number of nitrogens with zero attached hydrogens (tertiary/aromatic N) is 2. The van der Waals surface area contributed by atoms with Crippen LogP contribution in [0.2, 0.25) is 0 Å². The molecule has 6 nitrogen and oxygen atoms in total. The lowest BCUT2D eigenvalue weighted by Crippen LogP contribution is -2.53. The second-order valence-corrected chi connectivity index (χ2v) is 9.40. The molecule has 6 heteroatoms. The Morgan fingerprint density at radius 3 is 1.89 bits per heavy atom. The van der Waals surface area contributed by atoms with E-state index in [1.165, 1.54) is 38.5 Å². The summed E-state index contributed by atoms with van der Waals surface area (Å²) >= 11 is 0. The lowest BCUT2D eigenvalue weighted by atomic mass is 9.49. The molecule has 2 amide bonds. The fourth-order valence-corrected chi connectivity index (χ4v) is 6.54. The van der Waals surface area contributed by atoms with Gasteiger partial charge in [0.1, 0.15) is 6.61 Å². The van der Waals surface area contributed by atoms with Crippen LogP contribution in [0.1, 0.15) is 44.9 Å². The highest BCUT2D eigenvalue weighted by molar-refractivity contribution is 5.79. The minimum atomic E-state index is 0.0132. The maximum absolute atomic E-state index is 13.0. The Labute approximate surface area is 162 Å². The van der Waals surface area contributed by atoms with Gasteiger partial charge in [-0.1, -0.05) is 0 Å². The van der Waals surface area contributed by atoms with Gasteiger partial charge in [-0.15, -0.1) is 0 Å². The number of ether oxygens (including phenoxy) is 2. The molecule has 152 valence electrons. The lowest BCUT2D eigenvalue weighted by Gasteiger charge is -2.57. The predicted molar refractivity (Wildman–Crippen MR) is 101 cm³/mol. The summed E-state index contributed by atoms with van der Waals surface area (Å²) < 4.78 is 10.2. The first-order valence-electron chi connectivity index (χ1n) is 10.7. The average Bonchev–Trinajstić information content (AvgIpc) is 2.63. The molecule has 5 rings (SSSR count). The Hall–Kier alpha value is -1.14. The number of methoxy groups -OCH3 is 1. The number of carbonyl (C=O) groups excluding carboxylic acids is 2. The summed E-state index contributed by atoms with van der Waals surface area (Å²) in [7, 11) is 1.62. The SMILES string of the molecule is COCCOCC(=O)N1CCN(C(=O)CC23CC4CC(CC(C4)C2)C3)CC1. The largest absolute Gasteiger partial charge is 0.382 e. The molecule has 0 N–H and O–H groups in total. The van der Waals surface area contributed by atoms with E-state index in [0.717, 1.165) is 24.2 Å². The van der Waals surface area contributed by atoms with Crippen LogP contribution in [-0.2, 0) is 19.1 Å². The summed E-state index contributed by atoms with van der Waals surface area (Å²) in [5.41, 5.74) is 0.300. The van der Waals surface area contributed by atoms with Crippen LogP contribution in [0.5, 0.6) is 0 Å². The molecule has 4 bridgehead atoms. The fraction of sp³-hybridized carbons (Fsp3) is 0.905. The van der Waals surface area contributed by atoms with E-state index in [-0.39, 0.29) is 12.5 Å². The third-order valence-corrected chi connectivity index (χ3v) is 7.33. The number of hydrogen-bond donors (Lipinski definition) is 0. The summed E-state index contributed by atoms with van der Waals surface area (Å²) in [6, 6.07) is 0. The van der Waals surface area contributed by atoms with Crippen LogP contribution in [0.25, 0.3) is 0 Å². The maximum Gasteiger partial charge on any atom is 0.248 e. The van der Waals surface area contributed by atoms with Crippen LogP contribution >= 0.6 is 0 Å². The molecule has 5 fully saturated rings. The molecule has 0 aromatic heterocycles. The molecule has 0 aromatic carbocycles. The summed E-state index contributed by atoms with van der Waals surface area (Å²) in [4.78, 5) is 29.0. The fourth-order valence-electron chi connectivity index (χ4n) is 6.54. The van der Waals surface area contributed by atoms with Gasteiger partial charge in [0.15, 0.2) is 0 Å². The normalized spacial score (nSPS) is 34.9. The first-order valence-corrected chi connectivity index (χ1v) is 10.7. The summed E-state index contributed by atoms with van der Waals surface area (Å²) in [6.45, 7) is 3.61. The van der Waals surface area contributed by atoms with Crippen molar-refractivity contribution in [3.05, 3.63) is 0 Å². The molecule has 1 heterocycles. The van der Waals surface area contributed by atoms with Crippen LogP contribution in [0, 0.1) is 23.2 Å². The van der Waals surface area contributed by atoms with Gasteiger partial charge in [0.2, 0.25) is 11.8 Å². The average molecular weight is 379 g/mol. The monoisotopic (exact) mass is 378 g/mol. The Morgan fingerprint density at radius 1 is 0.852 bits per heavy atom. The van der Waals surface area contributed by atoms with Gasteiger partial charge in [0, 0.05) is 39.7 Å². The topological polar surface area (TPSA) is 59.1 Å². The van der Waals surface area contributed by atoms with Crippen molar-refractivity contribution in [1.82, 2.24) is 9.80 Å². The van der Waals surface area contributed by atoms with Gasteiger partial charge < -0.3 is 19.3 Å². The molecular weight excluding hydrogens is 344 g/mol. The zero-order valence-corrected chi connectivity index (χ0v) is 16.7. The summed E-state index contributed by atoms with van der Waals surface area (Å²) in [6.07, 6.45) is 8.83. The molecule has 0 atom stereocenters. The van der Waals surface area contributed by atoms with E-state index < -0.39 is 0 Å². The number of piperazine rings is 1. The second-order valence-electron chi connectivity index (χ2n) is 9.40. The number of amides is 2. The van der Waals surface area contributed by atoms with Crippen LogP contribution in [0.3, 0.4) is 0 Å². The van der Waals surface area contributed by atoms with Gasteiger partial charge >= 0.3 is 0 Å². The van der Waals surface area contributed by atoms with E-state index in [9.17, 15) is 9.59 Å². The van der Waals surface area contributed by atoms with Crippen molar-refractivity contribution in [3.8, 4) is 0 Å². The summed E-state index contributed by atoms with van der Waals surface area (Å²) in [5.74, 6) is 2.99. The minimum absolute atomic E-state index is 0.0132. The number of carbonyl (C=O) groups is 2. The van der Waals surface area contributed by atoms with Gasteiger partial charge in [0.05, 0.1) is 13.2 Å². The summed E-state index contributed by atoms with van der Waals surface area (Å²) in [5, 5.41) is 0. The third-order valence-electron chi connectivity index (χ3n) is 7.33. The first kappa shape index (κ1) is 19.2. The molecule has 4 saturated carbocycles. The second kappa shape index (κ2) is 8.08. The minimum Gasteiger partial charge on any atom is -0.382 e. The van der Waals surface area contributed by atoms with Crippen LogP contribution in [0.15, 0.2) is 0 Å². The van der Waals surface area contributed by atoms with E-state index in [1.807, 2.05) is 9.80 Å². The molecule has 5 aliphatic rings. The van der Waals surface area contributed by atoms with Crippen molar-refractivity contribution in [2.75, 3.05) is 53.1 Å². The molecule has 0 aromatic rings. The van der Waals surface area contributed by atoms with Gasteiger partial charge in [0.25, 0.3) is 0 Å². The van der Waals surface area contributed by atoms with Gasteiger partial charge in [-0.05, 0) is 61.7 Å². The van der Waals surface area contributed by atoms with E-state index >= 15 is 0 Å². The molecule has 1 aliphatic heterocycles. The van der Waals surface area contributed by atoms with Crippen LogP contribution in [-0.4, -0.2) is 74.7 Å². The Morgan fingerprint density at radius 2 is 1.37 bits per heavy atom. The quantitative estimate of drug-likeness (QED) is 0.635. The van der Waals surface area contributed by atoms with E-state index in [2.05, 4.69) is 0 Å². The van der Waals surface area contributed by atoms with Crippen molar-refractivity contribution in [2.45, 2.75) is 44.9 Å². The lowest BCUT2D eigenvalue weighted by molar-refractivity contribution is -0.146. The molecule has 1 saturated heterocycles. The first-order chi connectivity index (χ1) is 13.1. The maximum atomic E-state index is 13.0. The highest BCUT2D eigenvalue weighted by atomic mass is 16.5. The highest BCUT2D eigenvalue weighted by Crippen LogP contribution is 2.61. The van der Waals surface area contributed by atoms with E-state index in [1.54, 1.807) is 7.11 Å². The molecule has 0 unspecified atom stereocenters. The predicted octanol–water partition coefficient (Wildman–Crippen LogP) is 1.93. The highest BCUT2D eigenvalue weighted by Gasteiger charge is 2.51. The molecule has 0 radical (unpaired) electrons. The Kier molecular flexibility index (Phi) is 5.74. The van der Waals surface area contributed by atoms with Crippen molar-refractivity contribution < 1.29 is 19.1 Å². The standard InChI is InChI=1S/C21H34N2O4/c1-26-6-7-27-15-20(25)23-4-2-22(3-5-23)19(24)14-21-11-16-8-17(12-21)10-18(9-16)13-21/h16-18H,2-15H2,1H3. The van der Waals surface area contributed by atoms with E-state index in [4.69, 9.17) is 9.47 Å². The third kappa shape index (κ3) is 4.32. The van der Waals surface area contributed by atoms with Crippen LogP contribution < -0.4 is 0 Å². The van der Waals surface area contributed by atoms with Crippen molar-refractivity contribution in [3.63, 3.8) is 0 Å².